The number of methoxy groups -OCH3 is 2. The minimum atomic E-state index is -0.508. The number of amidine groups is 3. The molecule has 9 nitrogen and oxygen atoms in total. The molecule has 11 heteroatoms. The normalized spacial score (nSPS) is 15.9. The molecule has 0 spiro atoms. The van der Waals surface area contributed by atoms with Crippen LogP contribution >= 0.6 is 23.7 Å². The quantitative estimate of drug-likeness (QED) is 0.127. The molecule has 1 atom stereocenters. The predicted octanol–water partition coefficient (Wildman–Crippen LogP) is 7.19. The smallest absolute Gasteiger partial charge is 0.283 e. The first-order valence-electron chi connectivity index (χ1n) is 14.2. The Kier molecular flexibility index (Phi) is 10.3. The second kappa shape index (κ2) is 14.5. The number of ether oxygens (including phenoxy) is 4. The second-order valence-electron chi connectivity index (χ2n) is 10.0. The van der Waals surface area contributed by atoms with E-state index in [1.54, 1.807) is 23.1 Å². The summed E-state index contributed by atoms with van der Waals surface area (Å²) in [6.45, 7) is 4.97. The van der Waals surface area contributed by atoms with Crippen LogP contribution in [-0.2, 0) is 10.5 Å². The van der Waals surface area contributed by atoms with Gasteiger partial charge in [-0.3, -0.25) is 10.2 Å². The molecule has 2 aliphatic rings. The van der Waals surface area contributed by atoms with Gasteiger partial charge in [-0.1, -0.05) is 68.1 Å². The zero-order chi connectivity index (χ0) is 31.1. The molecule has 44 heavy (non-hydrogen) atoms. The van der Waals surface area contributed by atoms with Gasteiger partial charge in [0, 0.05) is 5.75 Å². The molecule has 3 aromatic rings. The summed E-state index contributed by atoms with van der Waals surface area (Å²) in [6, 6.07) is 21.6. The van der Waals surface area contributed by atoms with Crippen LogP contribution in [0.3, 0.4) is 0 Å². The van der Waals surface area contributed by atoms with Crippen LogP contribution in [0.4, 0.5) is 0 Å². The first-order chi connectivity index (χ1) is 21.4. The Labute approximate surface area is 266 Å². The van der Waals surface area contributed by atoms with E-state index in [-0.39, 0.29) is 18.0 Å². The van der Waals surface area contributed by atoms with Crippen molar-refractivity contribution < 1.29 is 23.7 Å². The SMILES string of the molecule is CCC(C)c1ccc(OCCOc2c(OC)cc(C=C3C(=N)N4C(SCc5ccccc5)=NSC4=NC3=O)cc2OC)cc1. The number of carbonyl (C=O) groups excluding carboxylic acids is 1. The third-order valence-electron chi connectivity index (χ3n) is 7.16. The van der Waals surface area contributed by atoms with Gasteiger partial charge in [0.25, 0.3) is 5.91 Å². The Bertz CT molecular complexity index is 1580. The molecule has 1 amide bonds. The van der Waals surface area contributed by atoms with Gasteiger partial charge in [-0.2, -0.15) is 9.39 Å². The van der Waals surface area contributed by atoms with E-state index >= 15 is 0 Å². The van der Waals surface area contributed by atoms with E-state index < -0.39 is 5.91 Å². The molecule has 0 bridgehead atoms. The summed E-state index contributed by atoms with van der Waals surface area (Å²) in [7, 11) is 3.07. The third kappa shape index (κ3) is 7.11. The molecule has 1 unspecified atom stereocenters. The van der Waals surface area contributed by atoms with Crippen LogP contribution in [0.5, 0.6) is 23.0 Å². The average molecular weight is 631 g/mol. The third-order valence-corrected chi connectivity index (χ3v) is 8.99. The molecule has 228 valence electrons. The maximum atomic E-state index is 13.0. The molecule has 0 radical (unpaired) electrons. The van der Waals surface area contributed by atoms with Crippen LogP contribution in [0.2, 0.25) is 0 Å². The standard InChI is InChI=1S/C33H34N4O5S2/c1-5-21(2)24-11-13-25(14-12-24)41-15-16-42-29-27(39-3)18-23(19-28(29)40-4)17-26-30(34)37-32(35-31(26)38)44-36-33(37)43-20-22-9-7-6-8-10-22/h6-14,17-19,21,34H,5,15-16,20H2,1-4H3. The number of amides is 1. The molecule has 2 aliphatic heterocycles. The molecular weight excluding hydrogens is 597 g/mol. The van der Waals surface area contributed by atoms with Crippen molar-refractivity contribution in [1.82, 2.24) is 4.90 Å². The summed E-state index contributed by atoms with van der Waals surface area (Å²) in [5.74, 6) is 2.72. The maximum Gasteiger partial charge on any atom is 0.283 e. The predicted molar refractivity (Wildman–Crippen MR) is 178 cm³/mol. The van der Waals surface area contributed by atoms with E-state index in [0.29, 0.717) is 51.4 Å². The molecule has 3 aromatic carbocycles. The van der Waals surface area contributed by atoms with Gasteiger partial charge in [0.05, 0.1) is 31.7 Å². The fourth-order valence-corrected chi connectivity index (χ4v) is 6.34. The number of fused-ring (bicyclic) bond motifs is 1. The number of nitrogens with zero attached hydrogens (tertiary/aromatic N) is 3. The summed E-state index contributed by atoms with van der Waals surface area (Å²) >= 11 is 2.59. The Hall–Kier alpha value is -4.22. The van der Waals surface area contributed by atoms with Crippen LogP contribution in [-0.4, -0.2) is 54.4 Å². The van der Waals surface area contributed by atoms with Crippen LogP contribution in [0, 0.1) is 5.41 Å². The van der Waals surface area contributed by atoms with Crippen molar-refractivity contribution in [2.24, 2.45) is 9.39 Å². The van der Waals surface area contributed by atoms with E-state index in [9.17, 15) is 4.79 Å². The zero-order valence-electron chi connectivity index (χ0n) is 25.0. The lowest BCUT2D eigenvalue weighted by atomic mass is 9.99. The van der Waals surface area contributed by atoms with Crippen molar-refractivity contribution in [2.75, 3.05) is 27.4 Å². The molecule has 0 aromatic heterocycles. The van der Waals surface area contributed by atoms with Gasteiger partial charge >= 0.3 is 0 Å². The van der Waals surface area contributed by atoms with Crippen molar-refractivity contribution in [2.45, 2.75) is 31.9 Å². The Morgan fingerprint density at radius 2 is 1.68 bits per heavy atom. The molecule has 0 saturated carbocycles. The number of nitrogens with one attached hydrogen (secondary N) is 1. The van der Waals surface area contributed by atoms with Crippen molar-refractivity contribution in [3.05, 3.63) is 89.0 Å². The molecule has 0 fully saturated rings. The van der Waals surface area contributed by atoms with Crippen LogP contribution < -0.4 is 18.9 Å². The minimum absolute atomic E-state index is 0.0110. The lowest BCUT2D eigenvalue weighted by Crippen LogP contribution is -2.41. The van der Waals surface area contributed by atoms with E-state index in [1.807, 2.05) is 42.5 Å². The number of thioether (sulfide) groups is 1. The minimum Gasteiger partial charge on any atom is -0.493 e. The summed E-state index contributed by atoms with van der Waals surface area (Å²) in [5, 5.41) is 9.86. The average Bonchev–Trinajstić information content (AvgIpc) is 3.47. The number of carbonyl (C=O) groups is 1. The Morgan fingerprint density at radius 1 is 1.00 bits per heavy atom. The maximum absolute atomic E-state index is 13.0. The van der Waals surface area contributed by atoms with Crippen LogP contribution in [0.1, 0.15) is 42.9 Å². The van der Waals surface area contributed by atoms with Crippen LogP contribution in [0.25, 0.3) is 6.08 Å². The van der Waals surface area contributed by atoms with Gasteiger partial charge in [-0.25, -0.2) is 4.90 Å². The Morgan fingerprint density at radius 3 is 2.34 bits per heavy atom. The highest BCUT2D eigenvalue weighted by molar-refractivity contribution is 8.18. The van der Waals surface area contributed by atoms with E-state index in [1.165, 1.54) is 31.5 Å². The van der Waals surface area contributed by atoms with Gasteiger partial charge in [0.1, 0.15) is 24.8 Å². The fraction of sp³-hybridized carbons (Fsp3) is 0.273. The largest absolute Gasteiger partial charge is 0.493 e. The molecule has 2 heterocycles. The highest BCUT2D eigenvalue weighted by atomic mass is 32.2. The Balaban J connectivity index is 1.27. The molecule has 5 rings (SSSR count). The topological polar surface area (TPSA) is 106 Å². The first-order valence-corrected chi connectivity index (χ1v) is 15.9. The number of rotatable bonds is 12. The highest BCUT2D eigenvalue weighted by Crippen LogP contribution is 2.40. The molecule has 0 saturated heterocycles. The van der Waals surface area contributed by atoms with Crippen molar-refractivity contribution in [1.29, 1.82) is 5.41 Å². The fourth-order valence-electron chi connectivity index (χ4n) is 4.54. The van der Waals surface area contributed by atoms with E-state index in [2.05, 4.69) is 35.4 Å². The molecule has 1 N–H and O–H groups in total. The number of benzene rings is 3. The lowest BCUT2D eigenvalue weighted by Gasteiger charge is -2.24. The van der Waals surface area contributed by atoms with Gasteiger partial charge < -0.3 is 18.9 Å². The van der Waals surface area contributed by atoms with E-state index in [0.717, 1.165) is 29.7 Å². The van der Waals surface area contributed by atoms with Gasteiger partial charge in [0.2, 0.25) is 10.9 Å². The van der Waals surface area contributed by atoms with Crippen LogP contribution in [0.15, 0.2) is 81.7 Å². The van der Waals surface area contributed by atoms with Crippen molar-refractivity contribution >= 4 is 51.9 Å². The van der Waals surface area contributed by atoms with Gasteiger partial charge in [0.15, 0.2) is 16.7 Å². The lowest BCUT2D eigenvalue weighted by molar-refractivity contribution is -0.114. The van der Waals surface area contributed by atoms with E-state index in [4.69, 9.17) is 24.4 Å². The molecular formula is C33H34N4O5S2. The van der Waals surface area contributed by atoms with Crippen molar-refractivity contribution in [3.63, 3.8) is 0 Å². The summed E-state index contributed by atoms with van der Waals surface area (Å²) in [6.07, 6.45) is 2.69. The van der Waals surface area contributed by atoms with Gasteiger partial charge in [-0.05, 0) is 59.4 Å². The second-order valence-corrected chi connectivity index (χ2v) is 11.7. The summed E-state index contributed by atoms with van der Waals surface area (Å²) < 4.78 is 27.6. The number of hydrogen-bond acceptors (Lipinski definition) is 9. The highest BCUT2D eigenvalue weighted by Gasteiger charge is 2.37. The van der Waals surface area contributed by atoms with Crippen molar-refractivity contribution in [3.8, 4) is 23.0 Å². The number of hydrogen-bond donors (Lipinski definition) is 1. The monoisotopic (exact) mass is 630 g/mol. The zero-order valence-corrected chi connectivity index (χ0v) is 26.7. The molecule has 0 aliphatic carbocycles. The summed E-state index contributed by atoms with van der Waals surface area (Å²) in [4.78, 5) is 18.8. The first kappa shape index (κ1) is 31.2. The van der Waals surface area contributed by atoms with Gasteiger partial charge in [-0.15, -0.1) is 0 Å². The summed E-state index contributed by atoms with van der Waals surface area (Å²) in [5.41, 5.74) is 3.15. The number of aliphatic imine (C=N–C) groups is 1.